The van der Waals surface area contributed by atoms with Crippen LogP contribution in [0.4, 0.5) is 5.82 Å². The molecule has 0 saturated heterocycles. The highest BCUT2D eigenvalue weighted by molar-refractivity contribution is 9.10. The summed E-state index contributed by atoms with van der Waals surface area (Å²) in [7, 11) is 0. The number of aromatic nitrogens is 5. The maximum atomic E-state index is 14.3. The molecule has 0 aliphatic heterocycles. The van der Waals surface area contributed by atoms with Gasteiger partial charge in [-0.3, -0.25) is 19.1 Å². The van der Waals surface area contributed by atoms with Crippen molar-refractivity contribution in [2.45, 2.75) is 20.4 Å². The lowest BCUT2D eigenvalue weighted by Gasteiger charge is -2.23. The highest BCUT2D eigenvalue weighted by Crippen LogP contribution is 2.33. The Labute approximate surface area is 250 Å². The zero-order valence-electron chi connectivity index (χ0n) is 21.7. The van der Waals surface area contributed by atoms with Crippen LogP contribution in [0.3, 0.4) is 0 Å². The van der Waals surface area contributed by atoms with Crippen LogP contribution in [0.15, 0.2) is 101 Å². The first-order valence-electron chi connectivity index (χ1n) is 12.7. The lowest BCUT2D eigenvalue weighted by molar-refractivity contribution is 0.0941. The average Bonchev–Trinajstić information content (AvgIpc) is 3.34. The summed E-state index contributed by atoms with van der Waals surface area (Å²) in [6.07, 6.45) is 6.58. The molecule has 0 saturated carbocycles. The Hall–Kier alpha value is -5.27. The SMILES string of the molecule is C.C[C@H](NC(=O)c1c(N)nn2cccnc12)c1c(Br)c2cccc(C#Cc3ccncc3)c2c(=O)n1-c1ccccc1. The second kappa shape index (κ2) is 11.7. The van der Waals surface area contributed by atoms with Crippen molar-refractivity contribution in [2.75, 3.05) is 5.73 Å². The molecule has 42 heavy (non-hydrogen) atoms. The molecule has 1 atom stereocenters. The predicted octanol–water partition coefficient (Wildman–Crippen LogP) is 5.30. The molecule has 208 valence electrons. The molecule has 3 N–H and O–H groups in total. The van der Waals surface area contributed by atoms with Crippen molar-refractivity contribution in [1.82, 2.24) is 29.5 Å². The minimum absolute atomic E-state index is 0. The van der Waals surface area contributed by atoms with Gasteiger partial charge in [0, 0.05) is 51.5 Å². The van der Waals surface area contributed by atoms with E-state index in [1.54, 1.807) is 35.4 Å². The number of carbonyl (C=O) groups is 1. The Morgan fingerprint density at radius 3 is 2.52 bits per heavy atom. The van der Waals surface area contributed by atoms with E-state index in [1.807, 2.05) is 67.6 Å². The van der Waals surface area contributed by atoms with Crippen LogP contribution in [0.25, 0.3) is 22.1 Å². The maximum Gasteiger partial charge on any atom is 0.264 e. The number of amides is 1. The second-order valence-electron chi connectivity index (χ2n) is 9.23. The van der Waals surface area contributed by atoms with Gasteiger partial charge in [0.1, 0.15) is 5.56 Å². The number of benzene rings is 2. The molecule has 9 nitrogen and oxygen atoms in total. The van der Waals surface area contributed by atoms with Crippen LogP contribution in [0.1, 0.15) is 47.6 Å². The molecule has 0 fully saturated rings. The van der Waals surface area contributed by atoms with Crippen LogP contribution in [0.2, 0.25) is 0 Å². The number of hydrogen-bond donors (Lipinski definition) is 2. The number of nitrogens with zero attached hydrogens (tertiary/aromatic N) is 5. The first-order chi connectivity index (χ1) is 19.9. The van der Waals surface area contributed by atoms with Crippen molar-refractivity contribution < 1.29 is 4.79 Å². The smallest absolute Gasteiger partial charge is 0.264 e. The second-order valence-corrected chi connectivity index (χ2v) is 10.0. The summed E-state index contributed by atoms with van der Waals surface area (Å²) >= 11 is 3.77. The number of pyridine rings is 2. The number of rotatable bonds is 4. The van der Waals surface area contributed by atoms with Gasteiger partial charge in [0.2, 0.25) is 0 Å². The highest BCUT2D eigenvalue weighted by atomic mass is 79.9. The van der Waals surface area contributed by atoms with Crippen molar-refractivity contribution in [3.8, 4) is 17.5 Å². The van der Waals surface area contributed by atoms with E-state index in [2.05, 4.69) is 48.2 Å². The van der Waals surface area contributed by atoms with Crippen LogP contribution in [-0.4, -0.2) is 30.1 Å². The van der Waals surface area contributed by atoms with Gasteiger partial charge >= 0.3 is 0 Å². The van der Waals surface area contributed by atoms with Gasteiger partial charge in [0.15, 0.2) is 11.5 Å². The minimum Gasteiger partial charge on any atom is -0.381 e. The number of para-hydroxylation sites is 1. The first-order valence-corrected chi connectivity index (χ1v) is 13.5. The van der Waals surface area contributed by atoms with Crippen LogP contribution in [-0.2, 0) is 0 Å². The zero-order chi connectivity index (χ0) is 28.5. The summed E-state index contributed by atoms with van der Waals surface area (Å²) in [6.45, 7) is 1.81. The summed E-state index contributed by atoms with van der Waals surface area (Å²) < 4.78 is 3.71. The Morgan fingerprint density at radius 2 is 1.76 bits per heavy atom. The lowest BCUT2D eigenvalue weighted by atomic mass is 10.0. The van der Waals surface area contributed by atoms with Crippen LogP contribution < -0.4 is 16.6 Å². The fraction of sp³-hybridized carbons (Fsp3) is 0.0938. The molecule has 10 heteroatoms. The number of carbonyl (C=O) groups excluding carboxylic acids is 1. The normalized spacial score (nSPS) is 11.4. The number of anilines is 1. The molecule has 6 aromatic rings. The van der Waals surface area contributed by atoms with Gasteiger partial charge in [-0.1, -0.05) is 49.6 Å². The number of hydrogen-bond acceptors (Lipinski definition) is 6. The molecule has 0 radical (unpaired) electrons. The monoisotopic (exact) mass is 619 g/mol. The predicted molar refractivity (Wildman–Crippen MR) is 167 cm³/mol. The first kappa shape index (κ1) is 28.3. The standard InChI is InChI=1S/C31H22BrN7O2.CH4/c1-19(36-30(40)25-28(33)37-38-18-6-15-35-29(25)38)27-26(32)23-10-5-7-21(12-11-20-13-16-34-17-14-20)24(23)31(41)39(27)22-8-3-2-4-9-22;/h2-10,13-19H,1H3,(H2,33,37)(H,36,40);1H4/t19-;/m0./s1. The van der Waals surface area contributed by atoms with Gasteiger partial charge in [0.05, 0.1) is 17.1 Å². The molecule has 0 aliphatic rings. The number of nitrogens with two attached hydrogens (primary N) is 1. The number of fused-ring (bicyclic) bond motifs is 2. The fourth-order valence-electron chi connectivity index (χ4n) is 4.78. The van der Waals surface area contributed by atoms with Crippen LogP contribution >= 0.6 is 15.9 Å². The van der Waals surface area contributed by atoms with E-state index < -0.39 is 11.9 Å². The topological polar surface area (TPSA) is 120 Å². The average molecular weight is 621 g/mol. The largest absolute Gasteiger partial charge is 0.381 e. The zero-order valence-corrected chi connectivity index (χ0v) is 23.3. The van der Waals surface area contributed by atoms with Gasteiger partial charge in [-0.25, -0.2) is 9.50 Å². The molecule has 0 bridgehead atoms. The molecule has 4 heterocycles. The van der Waals surface area contributed by atoms with E-state index in [9.17, 15) is 9.59 Å². The van der Waals surface area contributed by atoms with Crippen molar-refractivity contribution in [3.63, 3.8) is 0 Å². The molecular formula is C32H26BrN7O2. The summed E-state index contributed by atoms with van der Waals surface area (Å²) in [4.78, 5) is 36.1. The van der Waals surface area contributed by atoms with E-state index in [4.69, 9.17) is 5.73 Å². The lowest BCUT2D eigenvalue weighted by Crippen LogP contribution is -2.33. The van der Waals surface area contributed by atoms with Crippen LogP contribution in [0, 0.1) is 11.8 Å². The van der Waals surface area contributed by atoms with Gasteiger partial charge in [-0.2, -0.15) is 0 Å². The third-order valence-corrected chi connectivity index (χ3v) is 7.46. The minimum atomic E-state index is -0.626. The van der Waals surface area contributed by atoms with E-state index >= 15 is 0 Å². The van der Waals surface area contributed by atoms with Crippen molar-refractivity contribution >= 4 is 44.1 Å². The Morgan fingerprint density at radius 1 is 1.00 bits per heavy atom. The maximum absolute atomic E-state index is 14.3. The molecule has 6 rings (SSSR count). The van der Waals surface area contributed by atoms with Gasteiger partial charge in [-0.15, -0.1) is 5.10 Å². The highest BCUT2D eigenvalue weighted by Gasteiger charge is 2.26. The Bertz CT molecular complexity index is 2060. The summed E-state index contributed by atoms with van der Waals surface area (Å²) in [6, 6.07) is 19.5. The summed E-state index contributed by atoms with van der Waals surface area (Å²) in [5.74, 6) is 5.88. The summed E-state index contributed by atoms with van der Waals surface area (Å²) in [5, 5.41) is 8.33. The number of nitrogens with one attached hydrogen (secondary N) is 1. The third-order valence-electron chi connectivity index (χ3n) is 6.63. The third kappa shape index (κ3) is 5.02. The van der Waals surface area contributed by atoms with Crippen molar-refractivity contribution in [2.24, 2.45) is 0 Å². The molecule has 4 aromatic heterocycles. The van der Waals surface area contributed by atoms with Gasteiger partial charge < -0.3 is 11.1 Å². The van der Waals surface area contributed by atoms with E-state index in [0.29, 0.717) is 37.8 Å². The molecule has 1 amide bonds. The fourth-order valence-corrected chi connectivity index (χ4v) is 5.63. The van der Waals surface area contributed by atoms with Crippen LogP contribution in [0.5, 0.6) is 0 Å². The molecule has 2 aromatic carbocycles. The quantitative estimate of drug-likeness (QED) is 0.258. The van der Waals surface area contributed by atoms with E-state index in [-0.39, 0.29) is 24.4 Å². The van der Waals surface area contributed by atoms with E-state index in [0.717, 1.165) is 5.56 Å². The molecule has 0 spiro atoms. The van der Waals surface area contributed by atoms with Gasteiger partial charge in [0.25, 0.3) is 11.5 Å². The Balaban J connectivity index is 0.00000353. The number of nitrogen functional groups attached to an aromatic ring is 1. The summed E-state index contributed by atoms with van der Waals surface area (Å²) in [5.41, 5.74) is 8.91. The van der Waals surface area contributed by atoms with Crippen molar-refractivity contribution in [1.29, 1.82) is 0 Å². The molecular weight excluding hydrogens is 594 g/mol. The molecule has 0 aliphatic carbocycles. The molecule has 0 unspecified atom stereocenters. The van der Waals surface area contributed by atoms with E-state index in [1.165, 1.54) is 4.52 Å². The van der Waals surface area contributed by atoms with Crippen molar-refractivity contribution in [3.05, 3.63) is 129 Å². The Kier molecular flexibility index (Phi) is 7.86. The van der Waals surface area contributed by atoms with Gasteiger partial charge in [-0.05, 0) is 59.3 Å². The number of halogens is 1.